The smallest absolute Gasteiger partial charge is 0.0162 e. The number of hydrogen-bond acceptors (Lipinski definition) is 0. The molecule has 0 saturated heterocycles. The topological polar surface area (TPSA) is 0 Å². The molecule has 18 heavy (non-hydrogen) atoms. The van der Waals surface area contributed by atoms with E-state index < -0.39 is 0 Å². The Morgan fingerprint density at radius 1 is 0.833 bits per heavy atom. The van der Waals surface area contributed by atoms with Gasteiger partial charge in [-0.05, 0) is 35.5 Å². The van der Waals surface area contributed by atoms with E-state index in [2.05, 4.69) is 43.5 Å². The van der Waals surface area contributed by atoms with E-state index in [4.69, 9.17) is 0 Å². The molecule has 0 amide bonds. The molecule has 0 heterocycles. The number of hydrogen-bond donors (Lipinski definition) is 0. The molecule has 0 unspecified atom stereocenters. The molecule has 1 aliphatic rings. The van der Waals surface area contributed by atoms with Crippen LogP contribution in [0.3, 0.4) is 0 Å². The lowest BCUT2D eigenvalue weighted by molar-refractivity contribution is 0.427. The zero-order valence-corrected chi connectivity index (χ0v) is 11.3. The summed E-state index contributed by atoms with van der Waals surface area (Å²) in [5.74, 6) is 0.651. The average molecular weight is 240 g/mol. The number of benzene rings is 1. The Labute approximate surface area is 111 Å². The van der Waals surface area contributed by atoms with Crippen molar-refractivity contribution in [2.75, 3.05) is 0 Å². The first-order chi connectivity index (χ1) is 8.79. The molecule has 1 aromatic carbocycles. The molecule has 96 valence electrons. The van der Waals surface area contributed by atoms with Crippen molar-refractivity contribution in [1.29, 1.82) is 0 Å². The van der Waals surface area contributed by atoms with E-state index >= 15 is 0 Å². The standard InChI is InChI=1S/C18H24/c1-15(16(2)18-13-9-6-10-14-18)17-11-7-4-3-5-8-12-17/h6,9-10,13-14,17H,1-5,7-8,11-12H2. The van der Waals surface area contributed by atoms with E-state index in [-0.39, 0.29) is 0 Å². The van der Waals surface area contributed by atoms with Crippen molar-refractivity contribution < 1.29 is 0 Å². The molecule has 2 rings (SSSR count). The first kappa shape index (κ1) is 13.1. The second-order valence-corrected chi connectivity index (χ2v) is 5.41. The number of allylic oxidation sites excluding steroid dienone is 2. The fraction of sp³-hybridized carbons (Fsp3) is 0.444. The normalized spacial score (nSPS) is 17.8. The van der Waals surface area contributed by atoms with E-state index in [1.165, 1.54) is 56.1 Å². The van der Waals surface area contributed by atoms with E-state index in [1.54, 1.807) is 0 Å². The van der Waals surface area contributed by atoms with Gasteiger partial charge in [0, 0.05) is 0 Å². The van der Waals surface area contributed by atoms with Crippen molar-refractivity contribution in [2.45, 2.75) is 44.9 Å². The van der Waals surface area contributed by atoms with Crippen molar-refractivity contribution >= 4 is 5.57 Å². The van der Waals surface area contributed by atoms with Crippen molar-refractivity contribution in [3.05, 3.63) is 54.6 Å². The van der Waals surface area contributed by atoms with Crippen LogP contribution in [0.15, 0.2) is 49.1 Å². The highest BCUT2D eigenvalue weighted by Gasteiger charge is 2.17. The van der Waals surface area contributed by atoms with Gasteiger partial charge in [-0.2, -0.15) is 0 Å². The summed E-state index contributed by atoms with van der Waals surface area (Å²) in [7, 11) is 0. The number of rotatable bonds is 3. The average Bonchev–Trinajstić information content (AvgIpc) is 2.38. The largest absolute Gasteiger partial charge is 0.0950 e. The highest BCUT2D eigenvalue weighted by molar-refractivity contribution is 5.76. The molecule has 1 aliphatic carbocycles. The predicted octanol–water partition coefficient (Wildman–Crippen LogP) is 5.62. The van der Waals surface area contributed by atoms with Crippen LogP contribution >= 0.6 is 0 Å². The molecule has 0 heteroatoms. The zero-order valence-electron chi connectivity index (χ0n) is 11.3. The minimum atomic E-state index is 0.651. The lowest BCUT2D eigenvalue weighted by atomic mass is 9.82. The Bertz CT molecular complexity index is 391. The minimum Gasteiger partial charge on any atom is -0.0950 e. The van der Waals surface area contributed by atoms with Crippen molar-refractivity contribution in [2.24, 2.45) is 5.92 Å². The van der Waals surface area contributed by atoms with Crippen LogP contribution in [0.2, 0.25) is 0 Å². The fourth-order valence-corrected chi connectivity index (χ4v) is 2.88. The fourth-order valence-electron chi connectivity index (χ4n) is 2.88. The van der Waals surface area contributed by atoms with Crippen LogP contribution in [0, 0.1) is 5.92 Å². The molecule has 0 nitrogen and oxygen atoms in total. The van der Waals surface area contributed by atoms with Crippen molar-refractivity contribution in [3.63, 3.8) is 0 Å². The highest BCUT2D eigenvalue weighted by Crippen LogP contribution is 2.33. The molecule has 1 aromatic rings. The van der Waals surface area contributed by atoms with E-state index in [1.807, 2.05) is 0 Å². The van der Waals surface area contributed by atoms with Crippen LogP contribution in [0.4, 0.5) is 0 Å². The Hall–Kier alpha value is -1.30. The molecule has 0 radical (unpaired) electrons. The third-order valence-corrected chi connectivity index (χ3v) is 4.11. The summed E-state index contributed by atoms with van der Waals surface area (Å²) in [5.41, 5.74) is 3.63. The summed E-state index contributed by atoms with van der Waals surface area (Å²) >= 11 is 0. The maximum atomic E-state index is 4.33. The van der Waals surface area contributed by atoms with E-state index in [0.717, 1.165) is 5.57 Å². The Kier molecular flexibility index (Phi) is 4.81. The molecule has 1 fully saturated rings. The summed E-state index contributed by atoms with van der Waals surface area (Å²) in [4.78, 5) is 0. The van der Waals surface area contributed by atoms with Gasteiger partial charge >= 0.3 is 0 Å². The molecule has 0 aliphatic heterocycles. The highest BCUT2D eigenvalue weighted by atomic mass is 14.2. The second-order valence-electron chi connectivity index (χ2n) is 5.41. The van der Waals surface area contributed by atoms with Crippen LogP contribution in [0.1, 0.15) is 50.5 Å². The van der Waals surface area contributed by atoms with Crippen LogP contribution in [-0.4, -0.2) is 0 Å². The quantitative estimate of drug-likeness (QED) is 0.602. The third kappa shape index (κ3) is 3.35. The summed E-state index contributed by atoms with van der Waals surface area (Å²) in [5, 5.41) is 0. The van der Waals surface area contributed by atoms with Gasteiger partial charge in [0.05, 0.1) is 0 Å². The van der Waals surface area contributed by atoms with Gasteiger partial charge in [-0.15, -0.1) is 0 Å². The van der Waals surface area contributed by atoms with Gasteiger partial charge in [-0.25, -0.2) is 0 Å². The SMILES string of the molecule is C=C(C(=C)C1CCCCCCC1)c1ccccc1. The monoisotopic (exact) mass is 240 g/mol. The minimum absolute atomic E-state index is 0.651. The van der Waals surface area contributed by atoms with Gasteiger partial charge in [0.15, 0.2) is 0 Å². The second kappa shape index (κ2) is 6.58. The Balaban J connectivity index is 2.03. The van der Waals surface area contributed by atoms with Gasteiger partial charge in [0.1, 0.15) is 0 Å². The third-order valence-electron chi connectivity index (χ3n) is 4.11. The maximum Gasteiger partial charge on any atom is -0.0162 e. The van der Waals surface area contributed by atoms with Gasteiger partial charge in [0.2, 0.25) is 0 Å². The lowest BCUT2D eigenvalue weighted by Gasteiger charge is -2.23. The van der Waals surface area contributed by atoms with Gasteiger partial charge < -0.3 is 0 Å². The van der Waals surface area contributed by atoms with E-state index in [9.17, 15) is 0 Å². The van der Waals surface area contributed by atoms with Crippen molar-refractivity contribution in [1.82, 2.24) is 0 Å². The molecule has 0 N–H and O–H groups in total. The van der Waals surface area contributed by atoms with E-state index in [0.29, 0.717) is 5.92 Å². The molecular weight excluding hydrogens is 216 g/mol. The lowest BCUT2D eigenvalue weighted by Crippen LogP contribution is -2.07. The van der Waals surface area contributed by atoms with Gasteiger partial charge in [-0.1, -0.05) is 75.6 Å². The zero-order chi connectivity index (χ0) is 12.8. The van der Waals surface area contributed by atoms with Crippen molar-refractivity contribution in [3.8, 4) is 0 Å². The molecule has 0 bridgehead atoms. The van der Waals surface area contributed by atoms with Gasteiger partial charge in [-0.3, -0.25) is 0 Å². The molecule has 1 saturated carbocycles. The first-order valence-electron chi connectivity index (χ1n) is 7.22. The molecule has 0 atom stereocenters. The summed E-state index contributed by atoms with van der Waals surface area (Å²) in [6.07, 6.45) is 9.49. The first-order valence-corrected chi connectivity index (χ1v) is 7.22. The van der Waals surface area contributed by atoms with Crippen LogP contribution in [0.5, 0.6) is 0 Å². The molecule has 0 spiro atoms. The summed E-state index contributed by atoms with van der Waals surface area (Å²) in [6, 6.07) is 10.5. The Morgan fingerprint density at radius 3 is 2.00 bits per heavy atom. The maximum absolute atomic E-state index is 4.33. The predicted molar refractivity (Wildman–Crippen MR) is 80.4 cm³/mol. The molecule has 0 aromatic heterocycles. The van der Waals surface area contributed by atoms with Crippen LogP contribution in [0.25, 0.3) is 5.57 Å². The van der Waals surface area contributed by atoms with Crippen LogP contribution < -0.4 is 0 Å². The Morgan fingerprint density at radius 2 is 1.39 bits per heavy atom. The summed E-state index contributed by atoms with van der Waals surface area (Å²) in [6.45, 7) is 8.58. The molecular formula is C18H24. The summed E-state index contributed by atoms with van der Waals surface area (Å²) < 4.78 is 0. The van der Waals surface area contributed by atoms with Gasteiger partial charge in [0.25, 0.3) is 0 Å². The van der Waals surface area contributed by atoms with Crippen LogP contribution in [-0.2, 0) is 0 Å².